The van der Waals surface area contributed by atoms with Crippen LogP contribution in [0.25, 0.3) is 0 Å². The minimum atomic E-state index is -0.00859. The Balaban J connectivity index is 1.84. The van der Waals surface area contributed by atoms with E-state index in [2.05, 4.69) is 0 Å². The number of ether oxygens (including phenoxy) is 1. The van der Waals surface area contributed by atoms with E-state index in [0.29, 0.717) is 12.5 Å². The number of carbonyl (C=O) groups is 1. The van der Waals surface area contributed by atoms with Crippen LogP contribution in [0.15, 0.2) is 0 Å². The van der Waals surface area contributed by atoms with E-state index in [1.165, 1.54) is 12.8 Å². The van der Waals surface area contributed by atoms with Crippen LogP contribution in [0.1, 0.15) is 32.6 Å². The van der Waals surface area contributed by atoms with Gasteiger partial charge in [0.2, 0.25) is 0 Å². The summed E-state index contributed by atoms with van der Waals surface area (Å²) in [6.07, 6.45) is 4.84. The lowest BCUT2D eigenvalue weighted by molar-refractivity contribution is -0.156. The van der Waals surface area contributed by atoms with Crippen LogP contribution < -0.4 is 0 Å². The van der Waals surface area contributed by atoms with Gasteiger partial charge >= 0.3 is 5.97 Å². The van der Waals surface area contributed by atoms with Crippen molar-refractivity contribution in [2.75, 3.05) is 6.61 Å². The molecule has 2 heteroatoms. The van der Waals surface area contributed by atoms with E-state index in [1.807, 2.05) is 6.92 Å². The number of fused-ring (bicyclic) bond motifs is 5. The summed E-state index contributed by atoms with van der Waals surface area (Å²) < 4.78 is 5.20. The molecule has 2 unspecified atom stereocenters. The zero-order valence-electron chi connectivity index (χ0n) is 8.08. The van der Waals surface area contributed by atoms with E-state index in [4.69, 9.17) is 4.74 Å². The molecule has 2 nitrogen and oxygen atoms in total. The average molecular weight is 180 g/mol. The summed E-state index contributed by atoms with van der Waals surface area (Å²) in [6.45, 7) is 2.45. The van der Waals surface area contributed by atoms with E-state index < -0.39 is 0 Å². The van der Waals surface area contributed by atoms with Crippen LogP contribution in [-0.2, 0) is 9.53 Å². The van der Waals surface area contributed by atoms with E-state index in [-0.39, 0.29) is 11.4 Å². The second kappa shape index (κ2) is 2.28. The summed E-state index contributed by atoms with van der Waals surface area (Å²) in [5.74, 6) is 2.60. The molecule has 3 aliphatic rings. The molecule has 0 aliphatic heterocycles. The molecule has 3 fully saturated rings. The molecule has 3 saturated carbocycles. The first-order chi connectivity index (χ1) is 6.28. The summed E-state index contributed by atoms with van der Waals surface area (Å²) >= 11 is 0. The summed E-state index contributed by atoms with van der Waals surface area (Å²) in [7, 11) is 0. The lowest BCUT2D eigenvalue weighted by atomic mass is 9.82. The van der Waals surface area contributed by atoms with Gasteiger partial charge in [0.25, 0.3) is 0 Å². The van der Waals surface area contributed by atoms with Crippen LogP contribution in [0.3, 0.4) is 0 Å². The SMILES string of the molecule is CCOC(=O)[C@@]12CCC(C1)[C@@H]1CC12. The van der Waals surface area contributed by atoms with Gasteiger partial charge in [-0.05, 0) is 50.4 Å². The molecule has 0 aromatic heterocycles. The molecule has 13 heavy (non-hydrogen) atoms. The largest absolute Gasteiger partial charge is 0.466 e. The van der Waals surface area contributed by atoms with E-state index in [0.717, 1.165) is 24.7 Å². The molecular formula is C11H16O2. The van der Waals surface area contributed by atoms with Gasteiger partial charge in [0.15, 0.2) is 0 Å². The highest BCUT2D eigenvalue weighted by Crippen LogP contribution is 2.72. The number of carbonyl (C=O) groups excluding carboxylic acids is 1. The van der Waals surface area contributed by atoms with Gasteiger partial charge in [-0.25, -0.2) is 0 Å². The Kier molecular flexibility index (Phi) is 1.38. The van der Waals surface area contributed by atoms with E-state index in [1.54, 1.807) is 0 Å². The van der Waals surface area contributed by atoms with Crippen molar-refractivity contribution in [2.24, 2.45) is 23.2 Å². The Labute approximate surface area is 78.6 Å². The molecule has 2 bridgehead atoms. The van der Waals surface area contributed by atoms with Crippen molar-refractivity contribution in [3.05, 3.63) is 0 Å². The maximum absolute atomic E-state index is 11.8. The molecule has 0 radical (unpaired) electrons. The summed E-state index contributed by atoms with van der Waals surface area (Å²) in [5.41, 5.74) is -0.00859. The Morgan fingerprint density at radius 1 is 1.62 bits per heavy atom. The second-order valence-electron chi connectivity index (χ2n) is 4.89. The van der Waals surface area contributed by atoms with Crippen molar-refractivity contribution in [3.63, 3.8) is 0 Å². The van der Waals surface area contributed by atoms with Crippen molar-refractivity contribution in [3.8, 4) is 0 Å². The maximum atomic E-state index is 11.8. The summed E-state index contributed by atoms with van der Waals surface area (Å²) in [5, 5.41) is 0. The van der Waals surface area contributed by atoms with Crippen LogP contribution >= 0.6 is 0 Å². The number of esters is 1. The predicted molar refractivity (Wildman–Crippen MR) is 48.0 cm³/mol. The van der Waals surface area contributed by atoms with Crippen LogP contribution in [0.5, 0.6) is 0 Å². The molecule has 0 saturated heterocycles. The zero-order chi connectivity index (χ0) is 9.05. The first kappa shape index (κ1) is 7.84. The summed E-state index contributed by atoms with van der Waals surface area (Å²) in [4.78, 5) is 11.8. The Morgan fingerprint density at radius 3 is 3.08 bits per heavy atom. The van der Waals surface area contributed by atoms with Crippen molar-refractivity contribution in [1.29, 1.82) is 0 Å². The Morgan fingerprint density at radius 2 is 2.46 bits per heavy atom. The van der Waals surface area contributed by atoms with E-state index in [9.17, 15) is 4.79 Å². The minimum absolute atomic E-state index is 0.00859. The van der Waals surface area contributed by atoms with Crippen molar-refractivity contribution in [2.45, 2.75) is 32.6 Å². The highest BCUT2D eigenvalue weighted by Gasteiger charge is 2.69. The molecule has 0 heterocycles. The van der Waals surface area contributed by atoms with E-state index >= 15 is 0 Å². The third-order valence-electron chi connectivity index (χ3n) is 4.42. The smallest absolute Gasteiger partial charge is 0.312 e. The number of rotatable bonds is 2. The number of hydrogen-bond donors (Lipinski definition) is 0. The molecule has 3 rings (SSSR count). The van der Waals surface area contributed by atoms with Crippen molar-refractivity contribution < 1.29 is 9.53 Å². The van der Waals surface area contributed by atoms with Gasteiger partial charge in [-0.15, -0.1) is 0 Å². The molecule has 0 spiro atoms. The highest BCUT2D eigenvalue weighted by atomic mass is 16.5. The van der Waals surface area contributed by atoms with Gasteiger partial charge in [0.1, 0.15) is 0 Å². The molecule has 0 amide bonds. The fourth-order valence-corrected chi connectivity index (χ4v) is 3.80. The van der Waals surface area contributed by atoms with Gasteiger partial charge in [-0.1, -0.05) is 0 Å². The molecule has 0 N–H and O–H groups in total. The average Bonchev–Trinajstić information content (AvgIpc) is 2.75. The monoisotopic (exact) mass is 180 g/mol. The Hall–Kier alpha value is -0.530. The first-order valence-corrected chi connectivity index (χ1v) is 5.45. The fraction of sp³-hybridized carbons (Fsp3) is 0.909. The van der Waals surface area contributed by atoms with Crippen LogP contribution in [0.4, 0.5) is 0 Å². The molecule has 4 atom stereocenters. The predicted octanol–water partition coefficient (Wildman–Crippen LogP) is 1.99. The zero-order valence-corrected chi connectivity index (χ0v) is 8.08. The maximum Gasteiger partial charge on any atom is 0.312 e. The Bertz CT molecular complexity index is 261. The van der Waals surface area contributed by atoms with Crippen LogP contribution in [-0.4, -0.2) is 12.6 Å². The van der Waals surface area contributed by atoms with Gasteiger partial charge < -0.3 is 4.74 Å². The highest BCUT2D eigenvalue weighted by molar-refractivity contribution is 5.79. The lowest BCUT2D eigenvalue weighted by Gasteiger charge is -2.24. The molecule has 0 aromatic rings. The van der Waals surface area contributed by atoms with Crippen LogP contribution in [0.2, 0.25) is 0 Å². The van der Waals surface area contributed by atoms with Crippen molar-refractivity contribution in [1.82, 2.24) is 0 Å². The third kappa shape index (κ3) is 0.818. The van der Waals surface area contributed by atoms with Gasteiger partial charge in [0, 0.05) is 0 Å². The molecule has 0 aromatic carbocycles. The van der Waals surface area contributed by atoms with Crippen molar-refractivity contribution >= 4 is 5.97 Å². The standard InChI is InChI=1S/C11H16O2/c1-2-13-10(12)11-4-3-7(6-11)8-5-9(8)11/h7-9H,2-6H2,1H3/t7?,8-,9?,11-/m0/s1. The number of hydrogen-bond acceptors (Lipinski definition) is 2. The van der Waals surface area contributed by atoms with Gasteiger partial charge in [-0.2, -0.15) is 0 Å². The normalized spacial score (nSPS) is 50.4. The lowest BCUT2D eigenvalue weighted by Crippen LogP contribution is -2.31. The molecule has 3 aliphatic carbocycles. The topological polar surface area (TPSA) is 26.3 Å². The quantitative estimate of drug-likeness (QED) is 0.607. The minimum Gasteiger partial charge on any atom is -0.466 e. The van der Waals surface area contributed by atoms with Gasteiger partial charge in [0.05, 0.1) is 12.0 Å². The van der Waals surface area contributed by atoms with Crippen LogP contribution in [0, 0.1) is 23.2 Å². The third-order valence-corrected chi connectivity index (χ3v) is 4.42. The second-order valence-corrected chi connectivity index (χ2v) is 4.89. The fourth-order valence-electron chi connectivity index (χ4n) is 3.80. The molecule has 72 valence electrons. The summed E-state index contributed by atoms with van der Waals surface area (Å²) in [6, 6.07) is 0. The molecular weight excluding hydrogens is 164 g/mol. The first-order valence-electron chi connectivity index (χ1n) is 5.45. The van der Waals surface area contributed by atoms with Gasteiger partial charge in [-0.3, -0.25) is 4.79 Å².